The normalized spacial score (nSPS) is 9.71. The van der Waals surface area contributed by atoms with Gasteiger partial charge in [-0.15, -0.1) is 11.3 Å². The number of hydrogen-bond acceptors (Lipinski definition) is 3. The lowest BCUT2D eigenvalue weighted by Gasteiger charge is -2.00. The number of benzene rings is 1. The van der Waals surface area contributed by atoms with Crippen molar-refractivity contribution in [2.24, 2.45) is 0 Å². The van der Waals surface area contributed by atoms with Crippen LogP contribution in [0.3, 0.4) is 0 Å². The number of aromatic nitrogens is 1. The minimum absolute atomic E-state index is 0.102. The molecule has 1 heterocycles. The number of anilines is 1. The van der Waals surface area contributed by atoms with E-state index in [1.54, 1.807) is 23.8 Å². The maximum absolute atomic E-state index is 11.6. The Bertz CT molecular complexity index is 411. The Morgan fingerprint density at radius 3 is 2.71 bits per heavy atom. The molecule has 0 aliphatic heterocycles. The molecule has 0 fully saturated rings. The largest absolute Gasteiger partial charge is 0.312 e. The molecule has 1 aromatic carbocycles. The fourth-order valence-corrected chi connectivity index (χ4v) is 1.56. The third-order valence-electron chi connectivity index (χ3n) is 1.71. The predicted molar refractivity (Wildman–Crippen MR) is 56.5 cm³/mol. The molecule has 0 saturated heterocycles. The molecule has 0 aliphatic carbocycles. The summed E-state index contributed by atoms with van der Waals surface area (Å²) in [6, 6.07) is 9.10. The Hall–Kier alpha value is -1.68. The van der Waals surface area contributed by atoms with Crippen molar-refractivity contribution in [2.75, 3.05) is 5.32 Å². The lowest BCUT2D eigenvalue weighted by Crippen LogP contribution is -2.10. The monoisotopic (exact) mass is 204 g/mol. The van der Waals surface area contributed by atoms with Gasteiger partial charge in [-0.1, -0.05) is 18.2 Å². The van der Waals surface area contributed by atoms with Crippen LogP contribution in [-0.2, 0) is 0 Å². The van der Waals surface area contributed by atoms with Gasteiger partial charge < -0.3 is 5.32 Å². The molecule has 0 spiro atoms. The second-order valence-electron chi connectivity index (χ2n) is 2.69. The van der Waals surface area contributed by atoms with Crippen molar-refractivity contribution >= 4 is 22.2 Å². The summed E-state index contributed by atoms with van der Waals surface area (Å²) in [5.41, 5.74) is 2.33. The predicted octanol–water partition coefficient (Wildman–Crippen LogP) is 2.40. The SMILES string of the molecule is O=C(Nc1cncs1)c1ccccc1. The molecule has 1 N–H and O–H groups in total. The van der Waals surface area contributed by atoms with E-state index in [1.807, 2.05) is 18.2 Å². The van der Waals surface area contributed by atoms with E-state index in [9.17, 15) is 4.79 Å². The molecule has 2 rings (SSSR count). The number of thiazole rings is 1. The summed E-state index contributed by atoms with van der Waals surface area (Å²) in [6.45, 7) is 0. The molecule has 14 heavy (non-hydrogen) atoms. The van der Waals surface area contributed by atoms with E-state index in [0.29, 0.717) is 5.56 Å². The van der Waals surface area contributed by atoms with Crippen molar-refractivity contribution in [3.05, 3.63) is 47.6 Å². The first-order valence-electron chi connectivity index (χ1n) is 4.11. The van der Waals surface area contributed by atoms with Gasteiger partial charge in [0.25, 0.3) is 5.91 Å². The summed E-state index contributed by atoms with van der Waals surface area (Å²) in [5, 5.41) is 3.52. The first-order chi connectivity index (χ1) is 6.86. The molecule has 1 amide bonds. The van der Waals surface area contributed by atoms with Crippen LogP contribution in [0.4, 0.5) is 5.00 Å². The summed E-state index contributed by atoms with van der Waals surface area (Å²) in [5.74, 6) is -0.102. The average molecular weight is 204 g/mol. The van der Waals surface area contributed by atoms with Crippen molar-refractivity contribution in [1.82, 2.24) is 4.98 Å². The average Bonchev–Trinajstić information content (AvgIpc) is 2.72. The van der Waals surface area contributed by atoms with Gasteiger partial charge in [0, 0.05) is 5.56 Å². The third-order valence-corrected chi connectivity index (χ3v) is 2.39. The number of carbonyl (C=O) groups is 1. The summed E-state index contributed by atoms with van der Waals surface area (Å²) in [7, 11) is 0. The van der Waals surface area contributed by atoms with Gasteiger partial charge >= 0.3 is 0 Å². The highest BCUT2D eigenvalue weighted by molar-refractivity contribution is 7.14. The second kappa shape index (κ2) is 4.02. The zero-order valence-electron chi connectivity index (χ0n) is 7.31. The van der Waals surface area contributed by atoms with Gasteiger partial charge in [0.05, 0.1) is 11.7 Å². The van der Waals surface area contributed by atoms with E-state index in [1.165, 1.54) is 11.3 Å². The molecule has 0 bridgehead atoms. The van der Waals surface area contributed by atoms with Crippen LogP contribution in [0.1, 0.15) is 10.4 Å². The number of hydrogen-bond donors (Lipinski definition) is 1. The smallest absolute Gasteiger partial charge is 0.256 e. The number of nitrogens with one attached hydrogen (secondary N) is 1. The van der Waals surface area contributed by atoms with Crippen molar-refractivity contribution in [2.45, 2.75) is 0 Å². The van der Waals surface area contributed by atoms with E-state index in [2.05, 4.69) is 10.3 Å². The molecule has 2 aromatic rings. The Morgan fingerprint density at radius 1 is 1.29 bits per heavy atom. The maximum Gasteiger partial charge on any atom is 0.256 e. The van der Waals surface area contributed by atoms with E-state index < -0.39 is 0 Å². The molecule has 4 heteroatoms. The van der Waals surface area contributed by atoms with Gasteiger partial charge in [-0.25, -0.2) is 0 Å². The van der Waals surface area contributed by atoms with E-state index in [0.717, 1.165) is 5.00 Å². The fourth-order valence-electron chi connectivity index (χ4n) is 1.05. The molecular formula is C10H8N2OS. The zero-order chi connectivity index (χ0) is 9.80. The van der Waals surface area contributed by atoms with Gasteiger partial charge in [0.2, 0.25) is 0 Å². The molecule has 70 valence electrons. The quantitative estimate of drug-likeness (QED) is 0.816. The standard InChI is InChI=1S/C10H8N2OS/c13-10(8-4-2-1-3-5-8)12-9-6-11-7-14-9/h1-7H,(H,12,13). The van der Waals surface area contributed by atoms with E-state index >= 15 is 0 Å². The zero-order valence-corrected chi connectivity index (χ0v) is 8.12. The highest BCUT2D eigenvalue weighted by atomic mass is 32.1. The third kappa shape index (κ3) is 1.97. The van der Waals surface area contributed by atoms with Crippen molar-refractivity contribution < 1.29 is 4.79 Å². The number of carbonyl (C=O) groups excluding carboxylic acids is 1. The van der Waals surface area contributed by atoms with Gasteiger partial charge in [-0.3, -0.25) is 9.78 Å². The van der Waals surface area contributed by atoms with Crippen LogP contribution in [0.5, 0.6) is 0 Å². The van der Waals surface area contributed by atoms with Crippen LogP contribution in [-0.4, -0.2) is 10.9 Å². The fraction of sp³-hybridized carbons (Fsp3) is 0. The van der Waals surface area contributed by atoms with Gasteiger partial charge in [0.15, 0.2) is 0 Å². The topological polar surface area (TPSA) is 42.0 Å². The molecule has 0 atom stereocenters. The molecule has 0 aliphatic rings. The van der Waals surface area contributed by atoms with Gasteiger partial charge in [-0.05, 0) is 12.1 Å². The van der Waals surface area contributed by atoms with Gasteiger partial charge in [-0.2, -0.15) is 0 Å². The Balaban J connectivity index is 2.11. The Morgan fingerprint density at radius 2 is 2.07 bits per heavy atom. The van der Waals surface area contributed by atoms with Crippen LogP contribution in [0.2, 0.25) is 0 Å². The summed E-state index contributed by atoms with van der Waals surface area (Å²) in [6.07, 6.45) is 1.63. The van der Waals surface area contributed by atoms with Crippen molar-refractivity contribution in [1.29, 1.82) is 0 Å². The molecule has 0 radical (unpaired) electrons. The molecular weight excluding hydrogens is 196 g/mol. The van der Waals surface area contributed by atoms with Crippen molar-refractivity contribution in [3.8, 4) is 0 Å². The second-order valence-corrected chi connectivity index (χ2v) is 3.57. The Kier molecular flexibility index (Phi) is 2.55. The Labute approximate surface area is 85.4 Å². The number of amides is 1. The molecule has 0 unspecified atom stereocenters. The van der Waals surface area contributed by atoms with Crippen molar-refractivity contribution in [3.63, 3.8) is 0 Å². The molecule has 0 saturated carbocycles. The molecule has 3 nitrogen and oxygen atoms in total. The summed E-state index contributed by atoms with van der Waals surface area (Å²) < 4.78 is 0. The summed E-state index contributed by atoms with van der Waals surface area (Å²) in [4.78, 5) is 15.5. The summed E-state index contributed by atoms with van der Waals surface area (Å²) >= 11 is 1.40. The van der Waals surface area contributed by atoms with Crippen LogP contribution >= 0.6 is 11.3 Å². The number of rotatable bonds is 2. The molecule has 1 aromatic heterocycles. The van der Waals surface area contributed by atoms with E-state index in [-0.39, 0.29) is 5.91 Å². The van der Waals surface area contributed by atoms with Crippen LogP contribution in [0.25, 0.3) is 0 Å². The van der Waals surface area contributed by atoms with Crippen LogP contribution < -0.4 is 5.32 Å². The first kappa shape index (κ1) is 8.90. The highest BCUT2D eigenvalue weighted by Gasteiger charge is 2.04. The number of nitrogens with zero attached hydrogens (tertiary/aromatic N) is 1. The first-order valence-corrected chi connectivity index (χ1v) is 4.99. The highest BCUT2D eigenvalue weighted by Crippen LogP contribution is 2.13. The lowest BCUT2D eigenvalue weighted by atomic mass is 10.2. The van der Waals surface area contributed by atoms with E-state index in [4.69, 9.17) is 0 Å². The van der Waals surface area contributed by atoms with Gasteiger partial charge in [0.1, 0.15) is 5.00 Å². The van der Waals surface area contributed by atoms with Crippen LogP contribution in [0, 0.1) is 0 Å². The van der Waals surface area contributed by atoms with Crippen LogP contribution in [0.15, 0.2) is 42.0 Å². The maximum atomic E-state index is 11.6. The minimum atomic E-state index is -0.102. The lowest BCUT2D eigenvalue weighted by molar-refractivity contribution is 0.102. The minimum Gasteiger partial charge on any atom is -0.312 e.